The van der Waals surface area contributed by atoms with Gasteiger partial charge in [0.15, 0.2) is 0 Å². The van der Waals surface area contributed by atoms with Crippen molar-refractivity contribution in [3.05, 3.63) is 0 Å². The molecule has 17 heavy (non-hydrogen) atoms. The van der Waals surface area contributed by atoms with E-state index in [1.54, 1.807) is 4.90 Å². The third kappa shape index (κ3) is 2.04. The first-order valence-electron chi connectivity index (χ1n) is 6.43. The van der Waals surface area contributed by atoms with E-state index in [4.69, 9.17) is 4.74 Å². The van der Waals surface area contributed by atoms with Gasteiger partial charge in [-0.3, -0.25) is 10.1 Å². The second-order valence-electron chi connectivity index (χ2n) is 5.40. The van der Waals surface area contributed by atoms with Crippen LogP contribution in [0.1, 0.15) is 38.5 Å². The lowest BCUT2D eigenvalue weighted by Crippen LogP contribution is -2.36. The predicted octanol–water partition coefficient (Wildman–Crippen LogP) is 1.03. The average Bonchev–Trinajstić information content (AvgIpc) is 2.95. The molecule has 1 unspecified atom stereocenters. The first-order valence-corrected chi connectivity index (χ1v) is 6.43. The Morgan fingerprint density at radius 3 is 2.71 bits per heavy atom. The van der Waals surface area contributed by atoms with E-state index in [-0.39, 0.29) is 30.2 Å². The summed E-state index contributed by atoms with van der Waals surface area (Å²) in [6.07, 6.45) is 7.08. The van der Waals surface area contributed by atoms with Crippen LogP contribution in [0.5, 0.6) is 0 Å². The summed E-state index contributed by atoms with van der Waals surface area (Å²) in [6, 6.07) is -0.272. The number of ether oxygens (including phenoxy) is 1. The number of rotatable bonds is 2. The quantitative estimate of drug-likeness (QED) is 0.731. The van der Waals surface area contributed by atoms with Crippen LogP contribution >= 0.6 is 0 Å². The van der Waals surface area contributed by atoms with Gasteiger partial charge in [0.25, 0.3) is 0 Å². The van der Waals surface area contributed by atoms with Crippen molar-refractivity contribution in [3.8, 4) is 0 Å². The monoisotopic (exact) mass is 238 g/mol. The van der Waals surface area contributed by atoms with Crippen molar-refractivity contribution in [2.24, 2.45) is 0 Å². The molecule has 1 spiro atoms. The van der Waals surface area contributed by atoms with Gasteiger partial charge in [-0.05, 0) is 25.7 Å². The Morgan fingerprint density at radius 1 is 1.29 bits per heavy atom. The van der Waals surface area contributed by atoms with E-state index >= 15 is 0 Å². The van der Waals surface area contributed by atoms with Crippen molar-refractivity contribution in [2.75, 3.05) is 13.1 Å². The number of imide groups is 1. The minimum atomic E-state index is -0.272. The summed E-state index contributed by atoms with van der Waals surface area (Å²) >= 11 is 0. The smallest absolute Gasteiger partial charge is 0.324 e. The first-order chi connectivity index (χ1) is 8.17. The predicted molar refractivity (Wildman–Crippen MR) is 60.4 cm³/mol. The molecule has 0 aromatic carbocycles. The maximum atomic E-state index is 11.4. The molecule has 1 saturated carbocycles. The van der Waals surface area contributed by atoms with Gasteiger partial charge in [0.05, 0.1) is 11.7 Å². The highest BCUT2D eigenvalue weighted by molar-refractivity contribution is 6.01. The van der Waals surface area contributed by atoms with Crippen LogP contribution < -0.4 is 5.32 Å². The Bertz CT molecular complexity index is 350. The lowest BCUT2D eigenvalue weighted by Gasteiger charge is -2.25. The Labute approximate surface area is 100 Å². The molecule has 0 aromatic heterocycles. The van der Waals surface area contributed by atoms with Gasteiger partial charge in [0.2, 0.25) is 5.91 Å². The molecule has 0 aromatic rings. The number of amides is 3. The average molecular weight is 238 g/mol. The number of carbonyl (C=O) groups is 2. The van der Waals surface area contributed by atoms with Crippen LogP contribution in [0, 0.1) is 0 Å². The number of carbonyl (C=O) groups excluding carboxylic acids is 2. The molecule has 1 atom stereocenters. The molecular weight excluding hydrogens is 220 g/mol. The normalized spacial score (nSPS) is 31.5. The minimum Gasteiger partial charge on any atom is -0.370 e. The Balaban J connectivity index is 1.57. The van der Waals surface area contributed by atoms with Gasteiger partial charge in [-0.1, -0.05) is 12.8 Å². The van der Waals surface area contributed by atoms with E-state index in [0.717, 1.165) is 25.7 Å². The fourth-order valence-corrected chi connectivity index (χ4v) is 3.29. The molecule has 2 saturated heterocycles. The molecule has 1 N–H and O–H groups in total. The van der Waals surface area contributed by atoms with Crippen LogP contribution in [-0.2, 0) is 9.53 Å². The SMILES string of the molecule is O=C1CN(CC2CCC3(CCCC3)O2)C(=O)N1. The maximum absolute atomic E-state index is 11.4. The molecule has 2 aliphatic heterocycles. The van der Waals surface area contributed by atoms with Crippen LogP contribution in [-0.4, -0.2) is 41.6 Å². The van der Waals surface area contributed by atoms with Gasteiger partial charge in [0, 0.05) is 6.54 Å². The molecule has 94 valence electrons. The third-order valence-corrected chi connectivity index (χ3v) is 4.15. The highest BCUT2D eigenvalue weighted by Crippen LogP contribution is 2.43. The fraction of sp³-hybridized carbons (Fsp3) is 0.833. The van der Waals surface area contributed by atoms with E-state index in [2.05, 4.69) is 5.32 Å². The molecule has 2 heterocycles. The van der Waals surface area contributed by atoms with Gasteiger partial charge in [-0.15, -0.1) is 0 Å². The molecule has 3 fully saturated rings. The van der Waals surface area contributed by atoms with Crippen LogP contribution in [0.2, 0.25) is 0 Å². The lowest BCUT2D eigenvalue weighted by molar-refractivity contribution is -0.118. The summed E-state index contributed by atoms with van der Waals surface area (Å²) < 4.78 is 6.12. The second kappa shape index (κ2) is 3.98. The number of nitrogens with one attached hydrogen (secondary N) is 1. The van der Waals surface area contributed by atoms with Gasteiger partial charge >= 0.3 is 6.03 Å². The topological polar surface area (TPSA) is 58.6 Å². The third-order valence-electron chi connectivity index (χ3n) is 4.15. The molecule has 0 radical (unpaired) electrons. The molecule has 3 rings (SSSR count). The molecule has 3 aliphatic rings. The highest BCUT2D eigenvalue weighted by atomic mass is 16.5. The van der Waals surface area contributed by atoms with E-state index in [1.807, 2.05) is 0 Å². The van der Waals surface area contributed by atoms with Gasteiger partial charge < -0.3 is 9.64 Å². The summed E-state index contributed by atoms with van der Waals surface area (Å²) in [4.78, 5) is 24.1. The lowest BCUT2D eigenvalue weighted by atomic mass is 9.98. The largest absolute Gasteiger partial charge is 0.370 e. The van der Waals surface area contributed by atoms with Gasteiger partial charge in [-0.2, -0.15) is 0 Å². The zero-order chi connectivity index (χ0) is 11.9. The van der Waals surface area contributed by atoms with Crippen molar-refractivity contribution in [3.63, 3.8) is 0 Å². The van der Waals surface area contributed by atoms with Crippen LogP contribution in [0.4, 0.5) is 4.79 Å². The number of nitrogens with zero attached hydrogens (tertiary/aromatic N) is 1. The first kappa shape index (κ1) is 11.0. The summed E-state index contributed by atoms with van der Waals surface area (Å²) in [5.74, 6) is -0.205. The van der Waals surface area contributed by atoms with Gasteiger partial charge in [0.1, 0.15) is 6.54 Å². The van der Waals surface area contributed by atoms with E-state index < -0.39 is 0 Å². The van der Waals surface area contributed by atoms with Crippen molar-refractivity contribution in [1.29, 1.82) is 0 Å². The van der Waals surface area contributed by atoms with Crippen LogP contribution in [0.3, 0.4) is 0 Å². The molecule has 3 amide bonds. The second-order valence-corrected chi connectivity index (χ2v) is 5.40. The van der Waals surface area contributed by atoms with E-state index in [1.165, 1.54) is 12.8 Å². The minimum absolute atomic E-state index is 0.102. The standard InChI is InChI=1S/C12H18N2O3/c15-10-8-14(11(16)13-10)7-9-3-6-12(17-9)4-1-2-5-12/h9H,1-8H2,(H,13,15,16). The Morgan fingerprint density at radius 2 is 2.06 bits per heavy atom. The molecule has 5 heteroatoms. The van der Waals surface area contributed by atoms with E-state index in [0.29, 0.717) is 6.54 Å². The summed E-state index contributed by atoms with van der Waals surface area (Å²) in [7, 11) is 0. The molecule has 5 nitrogen and oxygen atoms in total. The van der Waals surface area contributed by atoms with E-state index in [9.17, 15) is 9.59 Å². The number of hydrogen-bond acceptors (Lipinski definition) is 3. The zero-order valence-corrected chi connectivity index (χ0v) is 9.91. The van der Waals surface area contributed by atoms with Crippen molar-refractivity contribution >= 4 is 11.9 Å². The highest BCUT2D eigenvalue weighted by Gasteiger charge is 2.43. The van der Waals surface area contributed by atoms with Gasteiger partial charge in [-0.25, -0.2) is 4.79 Å². The van der Waals surface area contributed by atoms with Crippen LogP contribution in [0.25, 0.3) is 0 Å². The summed E-state index contributed by atoms with van der Waals surface area (Å²) in [5.41, 5.74) is 0.102. The zero-order valence-electron chi connectivity index (χ0n) is 9.91. The molecule has 0 bridgehead atoms. The van der Waals surface area contributed by atoms with Crippen molar-refractivity contribution in [1.82, 2.24) is 10.2 Å². The summed E-state index contributed by atoms with van der Waals surface area (Å²) in [5, 5.41) is 2.29. The Hall–Kier alpha value is -1.10. The maximum Gasteiger partial charge on any atom is 0.324 e. The number of urea groups is 1. The van der Waals surface area contributed by atoms with Crippen molar-refractivity contribution in [2.45, 2.75) is 50.2 Å². The molecular formula is C12H18N2O3. The molecule has 1 aliphatic carbocycles. The van der Waals surface area contributed by atoms with Crippen LogP contribution in [0.15, 0.2) is 0 Å². The summed E-state index contributed by atoms with van der Waals surface area (Å²) in [6.45, 7) is 0.741. The number of hydrogen-bond donors (Lipinski definition) is 1. The van der Waals surface area contributed by atoms with Crippen molar-refractivity contribution < 1.29 is 14.3 Å². The fourth-order valence-electron chi connectivity index (χ4n) is 3.29. The Kier molecular flexibility index (Phi) is 2.58.